The van der Waals surface area contributed by atoms with Crippen molar-refractivity contribution in [1.82, 2.24) is 9.99 Å². The third-order valence-corrected chi connectivity index (χ3v) is 8.58. The summed E-state index contributed by atoms with van der Waals surface area (Å²) in [7, 11) is -4.01. The second kappa shape index (κ2) is 11.7. The predicted octanol–water partition coefficient (Wildman–Crippen LogP) is 6.36. The average molecular weight is 584 g/mol. The number of aromatic nitrogens is 1. The van der Waals surface area contributed by atoms with Gasteiger partial charge in [-0.15, -0.1) is 0 Å². The van der Waals surface area contributed by atoms with E-state index < -0.39 is 22.5 Å². The molecule has 1 aromatic heterocycles. The summed E-state index contributed by atoms with van der Waals surface area (Å²) in [5.74, 6) is -0.586. The van der Waals surface area contributed by atoms with E-state index in [0.29, 0.717) is 15.7 Å². The van der Waals surface area contributed by atoms with Gasteiger partial charge >= 0.3 is 0 Å². The van der Waals surface area contributed by atoms with Crippen molar-refractivity contribution >= 4 is 51.0 Å². The lowest BCUT2D eigenvalue weighted by Crippen LogP contribution is -2.40. The van der Waals surface area contributed by atoms with Crippen LogP contribution in [0.4, 0.5) is 5.69 Å². The Kier molecular flexibility index (Phi) is 8.49. The van der Waals surface area contributed by atoms with E-state index in [1.165, 1.54) is 18.3 Å². The van der Waals surface area contributed by atoms with Gasteiger partial charge in [0.1, 0.15) is 6.54 Å². The Morgan fingerprint density at radius 1 is 0.974 bits per heavy atom. The Bertz CT molecular complexity index is 1670. The number of nitrogens with one attached hydrogen (secondary N) is 1. The van der Waals surface area contributed by atoms with Crippen molar-refractivity contribution in [2.75, 3.05) is 10.8 Å². The Balaban J connectivity index is 1.58. The van der Waals surface area contributed by atoms with Crippen LogP contribution in [0.2, 0.25) is 10.0 Å². The fraction of sp³-hybridized carbons (Fsp3) is 0.172. The van der Waals surface area contributed by atoms with Crippen molar-refractivity contribution in [3.63, 3.8) is 0 Å². The number of anilines is 1. The van der Waals surface area contributed by atoms with Crippen molar-refractivity contribution in [2.24, 2.45) is 5.10 Å². The van der Waals surface area contributed by atoms with Gasteiger partial charge in [0.15, 0.2) is 0 Å². The van der Waals surface area contributed by atoms with Gasteiger partial charge in [0.2, 0.25) is 0 Å². The summed E-state index contributed by atoms with van der Waals surface area (Å²) >= 11 is 12.6. The number of hydrazone groups is 1. The van der Waals surface area contributed by atoms with Gasteiger partial charge in [-0.05, 0) is 75.7 Å². The van der Waals surface area contributed by atoms with Crippen molar-refractivity contribution in [2.45, 2.75) is 32.6 Å². The molecule has 0 bridgehead atoms. The van der Waals surface area contributed by atoms with Crippen molar-refractivity contribution in [1.29, 1.82) is 0 Å². The molecule has 1 heterocycles. The molecule has 0 aliphatic carbocycles. The lowest BCUT2D eigenvalue weighted by Gasteiger charge is -2.25. The number of carbonyl (C=O) groups is 1. The number of hydrogen-bond acceptors (Lipinski definition) is 4. The van der Waals surface area contributed by atoms with Gasteiger partial charge in [0.25, 0.3) is 15.9 Å². The highest BCUT2D eigenvalue weighted by Gasteiger charge is 2.28. The largest absolute Gasteiger partial charge is 0.316 e. The quantitative estimate of drug-likeness (QED) is 0.194. The highest BCUT2D eigenvalue weighted by atomic mass is 35.5. The summed E-state index contributed by atoms with van der Waals surface area (Å²) in [6, 6.07) is 20.6. The van der Waals surface area contributed by atoms with Crippen molar-refractivity contribution in [3.05, 3.63) is 111 Å². The maximum atomic E-state index is 13.6. The SMILES string of the molecule is Cc1ccc(N(CC(=O)N/N=C\c2cc(C)n(-c3cc(Cl)ccc3Cl)c2C)S(=O)(=O)c2ccccc2)c(C)c1. The van der Waals surface area contributed by atoms with E-state index in [0.717, 1.165) is 38.1 Å². The molecule has 202 valence electrons. The number of nitrogens with zero attached hydrogens (tertiary/aromatic N) is 3. The molecular weight excluding hydrogens is 555 g/mol. The molecule has 0 radical (unpaired) electrons. The van der Waals surface area contributed by atoms with Crippen LogP contribution in [-0.4, -0.2) is 31.7 Å². The lowest BCUT2D eigenvalue weighted by molar-refractivity contribution is -0.119. The van der Waals surface area contributed by atoms with Crippen LogP contribution >= 0.6 is 23.2 Å². The minimum Gasteiger partial charge on any atom is -0.316 e. The number of sulfonamides is 1. The molecule has 0 aliphatic heterocycles. The minimum atomic E-state index is -4.01. The average Bonchev–Trinajstić information content (AvgIpc) is 3.17. The topological polar surface area (TPSA) is 83.8 Å². The molecule has 0 unspecified atom stereocenters. The van der Waals surface area contributed by atoms with Crippen LogP contribution in [0.1, 0.15) is 28.1 Å². The molecule has 0 atom stereocenters. The molecule has 1 amide bonds. The van der Waals surface area contributed by atoms with Gasteiger partial charge in [0.05, 0.1) is 27.5 Å². The first-order valence-corrected chi connectivity index (χ1v) is 14.3. The molecule has 4 rings (SSSR count). The van der Waals surface area contributed by atoms with Crippen LogP contribution in [0.3, 0.4) is 0 Å². The molecule has 3 aromatic carbocycles. The molecule has 39 heavy (non-hydrogen) atoms. The first-order valence-electron chi connectivity index (χ1n) is 12.1. The van der Waals surface area contributed by atoms with E-state index in [1.807, 2.05) is 50.5 Å². The maximum Gasteiger partial charge on any atom is 0.264 e. The fourth-order valence-electron chi connectivity index (χ4n) is 4.39. The van der Waals surface area contributed by atoms with Gasteiger partial charge in [-0.1, -0.05) is 59.1 Å². The van der Waals surface area contributed by atoms with Crippen LogP contribution in [0.5, 0.6) is 0 Å². The van der Waals surface area contributed by atoms with Gasteiger partial charge in [-0.2, -0.15) is 5.10 Å². The maximum absolute atomic E-state index is 13.6. The summed E-state index contributed by atoms with van der Waals surface area (Å²) < 4.78 is 30.2. The standard InChI is InChI=1S/C29H28Cl2N4O3S/c1-19-10-13-27(20(2)14-19)34(39(37,38)25-8-6-5-7-9-25)18-29(36)33-32-17-23-15-21(3)35(22(23)4)28-16-24(30)11-12-26(28)31/h5-17H,18H2,1-4H3,(H,33,36)/b32-17-. The van der Waals surface area contributed by atoms with Crippen LogP contribution in [-0.2, 0) is 14.8 Å². The molecule has 0 saturated carbocycles. The molecule has 0 fully saturated rings. The molecule has 1 N–H and O–H groups in total. The highest BCUT2D eigenvalue weighted by Crippen LogP contribution is 2.29. The third kappa shape index (κ3) is 6.19. The number of halogens is 2. The highest BCUT2D eigenvalue weighted by molar-refractivity contribution is 7.92. The normalized spacial score (nSPS) is 11.6. The van der Waals surface area contributed by atoms with Crippen LogP contribution in [0.25, 0.3) is 5.69 Å². The lowest BCUT2D eigenvalue weighted by atomic mass is 10.1. The Morgan fingerprint density at radius 3 is 2.38 bits per heavy atom. The van der Waals surface area contributed by atoms with Crippen LogP contribution in [0, 0.1) is 27.7 Å². The Labute approximate surface area is 238 Å². The van der Waals surface area contributed by atoms with Crippen LogP contribution < -0.4 is 9.73 Å². The van der Waals surface area contributed by atoms with E-state index in [1.54, 1.807) is 42.5 Å². The van der Waals surface area contributed by atoms with E-state index in [-0.39, 0.29) is 4.90 Å². The first kappa shape index (κ1) is 28.4. The zero-order chi connectivity index (χ0) is 28.3. The van der Waals surface area contributed by atoms with E-state index in [4.69, 9.17) is 23.2 Å². The van der Waals surface area contributed by atoms with Crippen molar-refractivity contribution in [3.8, 4) is 5.69 Å². The van der Waals surface area contributed by atoms with Crippen LogP contribution in [0.15, 0.2) is 82.8 Å². The molecule has 0 saturated heterocycles. The number of carbonyl (C=O) groups excluding carboxylic acids is 1. The number of rotatable bonds is 8. The number of benzene rings is 3. The zero-order valence-corrected chi connectivity index (χ0v) is 24.3. The smallest absolute Gasteiger partial charge is 0.264 e. The van der Waals surface area contributed by atoms with Crippen molar-refractivity contribution < 1.29 is 13.2 Å². The molecule has 0 spiro atoms. The predicted molar refractivity (Wildman–Crippen MR) is 158 cm³/mol. The van der Waals surface area contributed by atoms with Gasteiger partial charge in [-0.25, -0.2) is 13.8 Å². The second-order valence-electron chi connectivity index (χ2n) is 9.17. The fourth-order valence-corrected chi connectivity index (χ4v) is 6.27. The second-order valence-corrected chi connectivity index (χ2v) is 11.9. The first-order chi connectivity index (χ1) is 18.5. The summed E-state index contributed by atoms with van der Waals surface area (Å²) in [5, 5.41) is 5.21. The molecule has 4 aromatic rings. The van der Waals surface area contributed by atoms with Gasteiger partial charge in [0, 0.05) is 22.0 Å². The third-order valence-electron chi connectivity index (χ3n) is 6.25. The summed E-state index contributed by atoms with van der Waals surface area (Å²) in [6.45, 7) is 7.12. The number of hydrogen-bond donors (Lipinski definition) is 1. The molecule has 0 aliphatic rings. The summed E-state index contributed by atoms with van der Waals surface area (Å²) in [6.07, 6.45) is 1.52. The Morgan fingerprint density at radius 2 is 1.69 bits per heavy atom. The van der Waals surface area contributed by atoms with Gasteiger partial charge < -0.3 is 4.57 Å². The number of amides is 1. The molecule has 7 nitrogen and oxygen atoms in total. The summed E-state index contributed by atoms with van der Waals surface area (Å²) in [5.41, 5.74) is 7.85. The zero-order valence-electron chi connectivity index (χ0n) is 21.9. The molecule has 10 heteroatoms. The van der Waals surface area contributed by atoms with E-state index in [9.17, 15) is 13.2 Å². The van der Waals surface area contributed by atoms with E-state index >= 15 is 0 Å². The monoisotopic (exact) mass is 582 g/mol. The minimum absolute atomic E-state index is 0.0911. The van der Waals surface area contributed by atoms with Gasteiger partial charge in [-0.3, -0.25) is 9.10 Å². The number of aryl methyl sites for hydroxylation is 3. The van der Waals surface area contributed by atoms with E-state index in [2.05, 4.69) is 10.5 Å². The summed E-state index contributed by atoms with van der Waals surface area (Å²) in [4.78, 5) is 13.1. The Hall–Kier alpha value is -3.59. The molecular formula is C29H28Cl2N4O3S.